The Hall–Kier alpha value is -1.11. The van der Waals surface area contributed by atoms with E-state index >= 15 is 0 Å². The van der Waals surface area contributed by atoms with Crippen LogP contribution in [0.4, 0.5) is 0 Å². The number of rotatable bonds is 4. The SMILES string of the molecule is C=C(C)C(=CN=C(C)CC)C(=C)C.CC. The Morgan fingerprint density at radius 2 is 1.47 bits per heavy atom. The normalized spacial score (nSPS) is 9.87. The van der Waals surface area contributed by atoms with Crippen molar-refractivity contribution in [2.75, 3.05) is 0 Å². The zero-order valence-corrected chi connectivity index (χ0v) is 11.1. The summed E-state index contributed by atoms with van der Waals surface area (Å²) >= 11 is 0. The average Bonchev–Trinajstić information content (AvgIpc) is 2.19. The number of hydrogen-bond acceptors (Lipinski definition) is 1. The van der Waals surface area contributed by atoms with Crippen LogP contribution >= 0.6 is 0 Å². The van der Waals surface area contributed by atoms with E-state index in [0.29, 0.717) is 0 Å². The smallest absolute Gasteiger partial charge is 0.0344 e. The minimum atomic E-state index is 0.982. The lowest BCUT2D eigenvalue weighted by Gasteiger charge is -2.03. The van der Waals surface area contributed by atoms with Gasteiger partial charge >= 0.3 is 0 Å². The van der Waals surface area contributed by atoms with E-state index in [1.54, 1.807) is 0 Å². The highest BCUT2D eigenvalue weighted by Gasteiger charge is 1.97. The van der Waals surface area contributed by atoms with Gasteiger partial charge < -0.3 is 0 Å². The van der Waals surface area contributed by atoms with Crippen molar-refractivity contribution in [1.29, 1.82) is 0 Å². The number of hydrogen-bond donors (Lipinski definition) is 0. The van der Waals surface area contributed by atoms with Crippen molar-refractivity contribution in [3.63, 3.8) is 0 Å². The molecule has 0 saturated carbocycles. The summed E-state index contributed by atoms with van der Waals surface area (Å²) in [6, 6.07) is 0. The van der Waals surface area contributed by atoms with Crippen LogP contribution in [0.5, 0.6) is 0 Å². The van der Waals surface area contributed by atoms with Gasteiger partial charge in [0.05, 0.1) is 0 Å². The van der Waals surface area contributed by atoms with Crippen LogP contribution in [0.25, 0.3) is 0 Å². The van der Waals surface area contributed by atoms with Gasteiger partial charge in [-0.15, -0.1) is 0 Å². The van der Waals surface area contributed by atoms with Crippen molar-refractivity contribution in [2.24, 2.45) is 4.99 Å². The molecule has 0 rings (SSSR count). The van der Waals surface area contributed by atoms with Gasteiger partial charge in [0, 0.05) is 11.9 Å². The summed E-state index contributed by atoms with van der Waals surface area (Å²) in [5, 5.41) is 0. The first-order chi connectivity index (χ1) is 6.99. The lowest BCUT2D eigenvalue weighted by molar-refractivity contribution is 1.24. The van der Waals surface area contributed by atoms with Crippen molar-refractivity contribution in [2.45, 2.75) is 48.0 Å². The fourth-order valence-corrected chi connectivity index (χ4v) is 0.851. The number of allylic oxidation sites excluding steroid dienone is 3. The molecule has 0 aromatic carbocycles. The minimum absolute atomic E-state index is 0.982. The van der Waals surface area contributed by atoms with Crippen LogP contribution in [0.3, 0.4) is 0 Å². The molecule has 0 atom stereocenters. The standard InChI is InChI=1S/C12H19N.C2H6/c1-7-11(6)13-8-12(9(2)3)10(4)5;1-2/h8H,2,4,7H2,1,3,5-6H3;1-2H3. The monoisotopic (exact) mass is 207 g/mol. The first kappa shape index (κ1) is 16.3. The van der Waals surface area contributed by atoms with Crippen LogP contribution in [0.15, 0.2) is 41.1 Å². The molecule has 1 nitrogen and oxygen atoms in total. The van der Waals surface area contributed by atoms with Gasteiger partial charge in [0.15, 0.2) is 0 Å². The molecule has 0 amide bonds. The van der Waals surface area contributed by atoms with E-state index in [1.165, 1.54) is 0 Å². The number of nitrogens with zero attached hydrogens (tertiary/aromatic N) is 1. The molecule has 0 aromatic heterocycles. The Kier molecular flexibility index (Phi) is 10.3. The number of aliphatic imine (C=N–C) groups is 1. The van der Waals surface area contributed by atoms with Gasteiger partial charge in [-0.25, -0.2) is 0 Å². The summed E-state index contributed by atoms with van der Waals surface area (Å²) in [5.41, 5.74) is 4.20. The summed E-state index contributed by atoms with van der Waals surface area (Å²) in [7, 11) is 0. The molecule has 0 N–H and O–H groups in total. The van der Waals surface area contributed by atoms with E-state index in [9.17, 15) is 0 Å². The zero-order valence-electron chi connectivity index (χ0n) is 11.1. The third-order valence-electron chi connectivity index (χ3n) is 1.85. The van der Waals surface area contributed by atoms with E-state index in [1.807, 2.05) is 40.8 Å². The zero-order chi connectivity index (χ0) is 12.4. The van der Waals surface area contributed by atoms with E-state index in [4.69, 9.17) is 0 Å². The van der Waals surface area contributed by atoms with Crippen LogP contribution in [0, 0.1) is 0 Å². The van der Waals surface area contributed by atoms with Gasteiger partial charge in [0.25, 0.3) is 0 Å². The largest absolute Gasteiger partial charge is 0.265 e. The Morgan fingerprint density at radius 3 is 1.73 bits per heavy atom. The van der Waals surface area contributed by atoms with Gasteiger partial charge in [-0.1, -0.05) is 33.9 Å². The molecule has 1 heteroatoms. The maximum atomic E-state index is 4.32. The van der Waals surface area contributed by atoms with Gasteiger partial charge in [0.1, 0.15) is 0 Å². The highest BCUT2D eigenvalue weighted by Crippen LogP contribution is 2.15. The maximum Gasteiger partial charge on any atom is 0.0344 e. The molecule has 86 valence electrons. The third-order valence-corrected chi connectivity index (χ3v) is 1.85. The van der Waals surface area contributed by atoms with E-state index in [0.717, 1.165) is 28.9 Å². The van der Waals surface area contributed by atoms with Crippen molar-refractivity contribution >= 4 is 5.71 Å². The van der Waals surface area contributed by atoms with E-state index in [-0.39, 0.29) is 0 Å². The second kappa shape index (κ2) is 9.45. The summed E-state index contributed by atoms with van der Waals surface area (Å²) in [5.74, 6) is 0. The first-order valence-corrected chi connectivity index (χ1v) is 5.54. The molecule has 0 bridgehead atoms. The van der Waals surface area contributed by atoms with Crippen LogP contribution in [0.2, 0.25) is 0 Å². The fraction of sp³-hybridized carbons (Fsp3) is 0.500. The molecule has 0 aromatic rings. The molecule has 0 unspecified atom stereocenters. The highest BCUT2D eigenvalue weighted by molar-refractivity contribution is 5.82. The second-order valence-corrected chi connectivity index (χ2v) is 3.32. The van der Waals surface area contributed by atoms with Crippen LogP contribution in [0.1, 0.15) is 48.0 Å². The van der Waals surface area contributed by atoms with E-state index in [2.05, 4.69) is 25.1 Å². The molecular weight excluding hydrogens is 182 g/mol. The Morgan fingerprint density at radius 1 is 1.07 bits per heavy atom. The lowest BCUT2D eigenvalue weighted by atomic mass is 10.0. The topological polar surface area (TPSA) is 12.4 Å². The lowest BCUT2D eigenvalue weighted by Crippen LogP contribution is -1.88. The molecule has 0 fully saturated rings. The van der Waals surface area contributed by atoms with Crippen molar-refractivity contribution < 1.29 is 0 Å². The van der Waals surface area contributed by atoms with Crippen molar-refractivity contribution in [1.82, 2.24) is 0 Å². The van der Waals surface area contributed by atoms with E-state index < -0.39 is 0 Å². The summed E-state index contributed by atoms with van der Waals surface area (Å²) in [4.78, 5) is 4.32. The molecule has 0 spiro atoms. The highest BCUT2D eigenvalue weighted by atomic mass is 14.7. The molecular formula is C14H25N. The minimum Gasteiger partial charge on any atom is -0.265 e. The summed E-state index contributed by atoms with van der Waals surface area (Å²) < 4.78 is 0. The average molecular weight is 207 g/mol. The predicted molar refractivity (Wildman–Crippen MR) is 72.5 cm³/mol. The molecule has 15 heavy (non-hydrogen) atoms. The van der Waals surface area contributed by atoms with Crippen LogP contribution in [-0.4, -0.2) is 5.71 Å². The van der Waals surface area contributed by atoms with Crippen molar-refractivity contribution in [3.05, 3.63) is 36.1 Å². The quantitative estimate of drug-likeness (QED) is 0.458. The van der Waals surface area contributed by atoms with Gasteiger partial charge in [0.2, 0.25) is 0 Å². The first-order valence-electron chi connectivity index (χ1n) is 5.54. The maximum absolute atomic E-state index is 4.32. The fourth-order valence-electron chi connectivity index (χ4n) is 0.851. The van der Waals surface area contributed by atoms with Crippen molar-refractivity contribution in [3.8, 4) is 0 Å². The molecule has 0 aliphatic heterocycles. The summed E-state index contributed by atoms with van der Waals surface area (Å²) in [6.07, 6.45) is 2.83. The molecule has 0 aliphatic rings. The van der Waals surface area contributed by atoms with Crippen LogP contribution < -0.4 is 0 Å². The molecule has 0 heterocycles. The predicted octanol–water partition coefficient (Wildman–Crippen LogP) is 4.92. The second-order valence-electron chi connectivity index (χ2n) is 3.32. The van der Waals surface area contributed by atoms with Gasteiger partial charge in [-0.3, -0.25) is 4.99 Å². The molecule has 0 aliphatic carbocycles. The molecule has 0 saturated heterocycles. The summed E-state index contributed by atoms with van der Waals surface area (Å²) in [6.45, 7) is 19.8. The van der Waals surface area contributed by atoms with Crippen LogP contribution in [-0.2, 0) is 0 Å². The van der Waals surface area contributed by atoms with Gasteiger partial charge in [-0.2, -0.15) is 0 Å². The third kappa shape index (κ3) is 7.92. The Bertz CT molecular complexity index is 251. The molecule has 0 radical (unpaired) electrons. The van der Waals surface area contributed by atoms with Gasteiger partial charge in [-0.05, 0) is 43.9 Å². The Labute approximate surface area is 95.3 Å². The Balaban J connectivity index is 0.